The van der Waals surface area contributed by atoms with Crippen LogP contribution in [0.2, 0.25) is 0 Å². The Morgan fingerprint density at radius 3 is 2.35 bits per heavy atom. The summed E-state index contributed by atoms with van der Waals surface area (Å²) >= 11 is 0. The lowest BCUT2D eigenvalue weighted by Crippen LogP contribution is -2.38. The van der Waals surface area contributed by atoms with Crippen molar-refractivity contribution in [1.82, 2.24) is 4.90 Å². The molecule has 3 amide bonds. The number of rotatable bonds is 4. The molecule has 1 aromatic rings. The number of alkyl halides is 3. The molecule has 2 atom stereocenters. The quantitative estimate of drug-likeness (QED) is 0.827. The number of carbonyl (C=O) groups is 3. The summed E-state index contributed by atoms with van der Waals surface area (Å²) in [4.78, 5) is 37.7. The molecule has 26 heavy (non-hydrogen) atoms. The lowest BCUT2D eigenvalue weighted by atomic mass is 9.81. The smallest absolute Gasteiger partial charge is 0.406 e. The highest BCUT2D eigenvalue weighted by Crippen LogP contribution is 2.37. The van der Waals surface area contributed by atoms with Gasteiger partial charge in [0.1, 0.15) is 12.3 Å². The maximum absolute atomic E-state index is 12.3. The SMILES string of the molecule is O=C(CN1C(=O)C2CCCCC2C1=O)Nc1cccc(OC(F)(F)F)c1. The monoisotopic (exact) mass is 370 g/mol. The number of benzene rings is 1. The van der Waals surface area contributed by atoms with Crippen molar-refractivity contribution in [3.05, 3.63) is 24.3 Å². The number of nitrogens with zero attached hydrogens (tertiary/aromatic N) is 1. The maximum Gasteiger partial charge on any atom is 0.573 e. The minimum Gasteiger partial charge on any atom is -0.406 e. The molecule has 140 valence electrons. The maximum atomic E-state index is 12.3. The van der Waals surface area contributed by atoms with Crippen molar-refractivity contribution >= 4 is 23.4 Å². The van der Waals surface area contributed by atoms with Crippen LogP contribution >= 0.6 is 0 Å². The van der Waals surface area contributed by atoms with Gasteiger partial charge in [-0.3, -0.25) is 19.3 Å². The van der Waals surface area contributed by atoms with E-state index >= 15 is 0 Å². The molecule has 2 unspecified atom stereocenters. The summed E-state index contributed by atoms with van der Waals surface area (Å²) in [7, 11) is 0. The van der Waals surface area contributed by atoms with E-state index in [1.54, 1.807) is 0 Å². The highest BCUT2D eigenvalue weighted by molar-refractivity contribution is 6.08. The number of ether oxygens (including phenoxy) is 1. The molecule has 1 heterocycles. The zero-order chi connectivity index (χ0) is 18.9. The highest BCUT2D eigenvalue weighted by atomic mass is 19.4. The number of anilines is 1. The minimum absolute atomic E-state index is 0.0771. The van der Waals surface area contributed by atoms with Gasteiger partial charge in [0.25, 0.3) is 0 Å². The first kappa shape index (κ1) is 18.2. The molecule has 6 nitrogen and oxygen atoms in total. The van der Waals surface area contributed by atoms with Gasteiger partial charge in [-0.05, 0) is 25.0 Å². The highest BCUT2D eigenvalue weighted by Gasteiger charge is 2.48. The number of imide groups is 1. The molecule has 0 aromatic heterocycles. The lowest BCUT2D eigenvalue weighted by Gasteiger charge is -2.19. The van der Waals surface area contributed by atoms with Crippen LogP contribution in [-0.2, 0) is 14.4 Å². The van der Waals surface area contributed by atoms with Crippen LogP contribution in [0.1, 0.15) is 25.7 Å². The van der Waals surface area contributed by atoms with Gasteiger partial charge in [0.05, 0.1) is 11.8 Å². The van der Waals surface area contributed by atoms with Gasteiger partial charge in [0, 0.05) is 11.8 Å². The van der Waals surface area contributed by atoms with Crippen molar-refractivity contribution in [2.75, 3.05) is 11.9 Å². The second-order valence-corrected chi connectivity index (χ2v) is 6.38. The predicted octanol–water partition coefficient (Wildman–Crippen LogP) is 2.70. The van der Waals surface area contributed by atoms with Gasteiger partial charge >= 0.3 is 6.36 Å². The molecule has 1 saturated heterocycles. The van der Waals surface area contributed by atoms with E-state index in [0.29, 0.717) is 12.8 Å². The summed E-state index contributed by atoms with van der Waals surface area (Å²) in [6.07, 6.45) is -1.79. The Bertz CT molecular complexity index is 711. The van der Waals surface area contributed by atoms with Gasteiger partial charge < -0.3 is 10.1 Å². The second kappa shape index (κ2) is 6.97. The van der Waals surface area contributed by atoms with E-state index in [9.17, 15) is 27.6 Å². The Hall–Kier alpha value is -2.58. The van der Waals surface area contributed by atoms with Crippen LogP contribution in [-0.4, -0.2) is 35.5 Å². The van der Waals surface area contributed by atoms with Gasteiger partial charge in [-0.1, -0.05) is 18.9 Å². The fourth-order valence-corrected chi connectivity index (χ4v) is 3.50. The zero-order valence-electron chi connectivity index (χ0n) is 13.7. The Morgan fingerprint density at radius 1 is 1.15 bits per heavy atom. The van der Waals surface area contributed by atoms with Crippen LogP contribution in [0.15, 0.2) is 24.3 Å². The van der Waals surface area contributed by atoms with Gasteiger partial charge in [0.15, 0.2) is 0 Å². The van der Waals surface area contributed by atoms with E-state index in [2.05, 4.69) is 10.1 Å². The van der Waals surface area contributed by atoms with E-state index in [1.165, 1.54) is 12.1 Å². The van der Waals surface area contributed by atoms with Crippen molar-refractivity contribution in [2.45, 2.75) is 32.0 Å². The molecular formula is C17H17F3N2O4. The average molecular weight is 370 g/mol. The Balaban J connectivity index is 1.63. The number of nitrogens with one attached hydrogen (secondary N) is 1. The van der Waals surface area contributed by atoms with Crippen LogP contribution in [0.5, 0.6) is 5.75 Å². The van der Waals surface area contributed by atoms with Crippen LogP contribution < -0.4 is 10.1 Å². The number of hydrogen-bond donors (Lipinski definition) is 1. The van der Waals surface area contributed by atoms with E-state index in [0.717, 1.165) is 29.9 Å². The summed E-state index contributed by atoms with van der Waals surface area (Å²) in [6.45, 7) is -0.449. The summed E-state index contributed by atoms with van der Waals surface area (Å²) in [5, 5.41) is 2.39. The third kappa shape index (κ3) is 3.97. The third-order valence-corrected chi connectivity index (χ3v) is 4.59. The molecule has 3 rings (SSSR count). The summed E-state index contributed by atoms with van der Waals surface area (Å²) in [6, 6.07) is 4.78. The van der Waals surface area contributed by atoms with Crippen molar-refractivity contribution in [1.29, 1.82) is 0 Å². The number of amides is 3. The normalized spacial score (nSPS) is 23.0. The fraction of sp³-hybridized carbons (Fsp3) is 0.471. The summed E-state index contributed by atoms with van der Waals surface area (Å²) < 4.78 is 40.5. The van der Waals surface area contributed by atoms with E-state index in [4.69, 9.17) is 0 Å². The van der Waals surface area contributed by atoms with E-state index < -0.39 is 24.6 Å². The molecule has 0 spiro atoms. The van der Waals surface area contributed by atoms with E-state index in [-0.39, 0.29) is 29.3 Å². The average Bonchev–Trinajstić information content (AvgIpc) is 2.79. The third-order valence-electron chi connectivity index (χ3n) is 4.59. The molecule has 1 saturated carbocycles. The van der Waals surface area contributed by atoms with Crippen LogP contribution in [0.4, 0.5) is 18.9 Å². The first-order valence-corrected chi connectivity index (χ1v) is 8.25. The predicted molar refractivity (Wildman–Crippen MR) is 83.9 cm³/mol. The molecule has 1 aliphatic heterocycles. The van der Waals surface area contributed by atoms with Crippen molar-refractivity contribution in [3.63, 3.8) is 0 Å². The molecule has 0 radical (unpaired) electrons. The molecule has 2 fully saturated rings. The first-order chi connectivity index (χ1) is 12.2. The molecular weight excluding hydrogens is 353 g/mol. The van der Waals surface area contributed by atoms with Crippen molar-refractivity contribution in [3.8, 4) is 5.75 Å². The second-order valence-electron chi connectivity index (χ2n) is 6.38. The first-order valence-electron chi connectivity index (χ1n) is 8.25. The lowest BCUT2D eigenvalue weighted by molar-refractivity contribution is -0.274. The van der Waals surface area contributed by atoms with Crippen molar-refractivity contribution in [2.24, 2.45) is 11.8 Å². The Kier molecular flexibility index (Phi) is 4.88. The van der Waals surface area contributed by atoms with Gasteiger partial charge in [0.2, 0.25) is 17.7 Å². The van der Waals surface area contributed by atoms with Gasteiger partial charge in [-0.15, -0.1) is 13.2 Å². The van der Waals surface area contributed by atoms with Gasteiger partial charge in [-0.2, -0.15) is 0 Å². The van der Waals surface area contributed by atoms with Crippen molar-refractivity contribution < 1.29 is 32.3 Å². The Morgan fingerprint density at radius 2 is 1.77 bits per heavy atom. The largest absolute Gasteiger partial charge is 0.573 e. The zero-order valence-corrected chi connectivity index (χ0v) is 13.7. The number of halogens is 3. The van der Waals surface area contributed by atoms with Crippen LogP contribution in [0.25, 0.3) is 0 Å². The molecule has 1 N–H and O–H groups in total. The van der Waals surface area contributed by atoms with E-state index in [1.807, 2.05) is 0 Å². The number of fused-ring (bicyclic) bond motifs is 1. The summed E-state index contributed by atoms with van der Waals surface area (Å²) in [5.41, 5.74) is 0.0771. The number of carbonyl (C=O) groups excluding carboxylic acids is 3. The summed E-state index contributed by atoms with van der Waals surface area (Å²) in [5.74, 6) is -2.53. The fourth-order valence-electron chi connectivity index (χ4n) is 3.50. The molecule has 0 bridgehead atoms. The van der Waals surface area contributed by atoms with Crippen LogP contribution in [0.3, 0.4) is 0 Å². The topological polar surface area (TPSA) is 75.7 Å². The molecule has 9 heteroatoms. The molecule has 2 aliphatic rings. The number of hydrogen-bond acceptors (Lipinski definition) is 4. The standard InChI is InChI=1S/C17H17F3N2O4/c18-17(19,20)26-11-5-3-4-10(8-11)21-14(23)9-22-15(24)12-6-1-2-7-13(12)16(22)25/h3-5,8,12-13H,1-2,6-7,9H2,(H,21,23). The Labute approximate surface area is 147 Å². The van der Waals surface area contributed by atoms with Gasteiger partial charge in [-0.25, -0.2) is 0 Å². The molecule has 1 aromatic carbocycles. The number of likely N-dealkylation sites (tertiary alicyclic amines) is 1. The van der Waals surface area contributed by atoms with Crippen LogP contribution in [0, 0.1) is 11.8 Å². The molecule has 1 aliphatic carbocycles. The minimum atomic E-state index is -4.84.